The van der Waals surface area contributed by atoms with Crippen LogP contribution in [-0.2, 0) is 0 Å². The van der Waals surface area contributed by atoms with Gasteiger partial charge in [0.25, 0.3) is 0 Å². The lowest BCUT2D eigenvalue weighted by molar-refractivity contribution is 0.0965. The zero-order chi connectivity index (χ0) is 12.3. The Balaban J connectivity index is 2.78. The van der Waals surface area contributed by atoms with Crippen molar-refractivity contribution in [2.24, 2.45) is 5.41 Å². The van der Waals surface area contributed by atoms with Gasteiger partial charge in [-0.2, -0.15) is 0 Å². The Kier molecular flexibility index (Phi) is 4.31. The highest BCUT2D eigenvalue weighted by Gasteiger charge is 2.16. The predicted octanol–water partition coefficient (Wildman–Crippen LogP) is 4.77. The van der Waals surface area contributed by atoms with E-state index >= 15 is 0 Å². The van der Waals surface area contributed by atoms with E-state index in [-0.39, 0.29) is 11.2 Å². The van der Waals surface area contributed by atoms with E-state index in [1.165, 1.54) is 0 Å². The maximum Gasteiger partial charge on any atom is 0.164 e. The average molecular weight is 283 g/mol. The molecule has 0 unspecified atom stereocenters. The van der Waals surface area contributed by atoms with E-state index < -0.39 is 0 Å². The molecule has 0 aliphatic carbocycles. The van der Waals surface area contributed by atoms with Crippen LogP contribution in [0.25, 0.3) is 0 Å². The van der Waals surface area contributed by atoms with Crippen molar-refractivity contribution in [3.63, 3.8) is 0 Å². The fraction of sp³-hybridized carbons (Fsp3) is 0.500. The maximum absolute atomic E-state index is 12.0. The summed E-state index contributed by atoms with van der Waals surface area (Å²) in [5.74, 6) is 0.227. The summed E-state index contributed by atoms with van der Waals surface area (Å²) in [6, 6.07) is 5.83. The van der Waals surface area contributed by atoms with Crippen LogP contribution in [0.4, 0.5) is 0 Å². The molecule has 1 aromatic rings. The number of halogens is 1. The Bertz CT molecular complexity index is 388. The van der Waals surface area contributed by atoms with Crippen molar-refractivity contribution in [2.75, 3.05) is 0 Å². The lowest BCUT2D eigenvalue weighted by atomic mass is 9.88. The summed E-state index contributed by atoms with van der Waals surface area (Å²) < 4.78 is 0.939. The Hall–Kier alpha value is -0.630. The van der Waals surface area contributed by atoms with Crippen molar-refractivity contribution in [3.8, 4) is 0 Å². The fourth-order valence-electron chi connectivity index (χ4n) is 1.49. The molecule has 16 heavy (non-hydrogen) atoms. The highest BCUT2D eigenvalue weighted by atomic mass is 79.9. The van der Waals surface area contributed by atoms with Gasteiger partial charge in [-0.25, -0.2) is 0 Å². The van der Waals surface area contributed by atoms with Gasteiger partial charge in [0.1, 0.15) is 0 Å². The van der Waals surface area contributed by atoms with Crippen molar-refractivity contribution >= 4 is 21.7 Å². The van der Waals surface area contributed by atoms with Crippen LogP contribution >= 0.6 is 15.9 Å². The van der Waals surface area contributed by atoms with Gasteiger partial charge in [-0.3, -0.25) is 4.79 Å². The van der Waals surface area contributed by atoms with Crippen molar-refractivity contribution in [2.45, 2.75) is 40.5 Å². The highest BCUT2D eigenvalue weighted by Crippen LogP contribution is 2.26. The predicted molar refractivity (Wildman–Crippen MR) is 71.9 cm³/mol. The summed E-state index contributed by atoms with van der Waals surface area (Å²) in [5.41, 5.74) is 2.14. The Morgan fingerprint density at radius 1 is 1.31 bits per heavy atom. The molecule has 0 aliphatic rings. The number of benzene rings is 1. The monoisotopic (exact) mass is 282 g/mol. The van der Waals surface area contributed by atoms with Crippen molar-refractivity contribution < 1.29 is 4.79 Å². The van der Waals surface area contributed by atoms with E-state index in [0.717, 1.165) is 22.0 Å². The fourth-order valence-corrected chi connectivity index (χ4v) is 1.97. The molecule has 0 radical (unpaired) electrons. The summed E-state index contributed by atoms with van der Waals surface area (Å²) in [6.07, 6.45) is 1.54. The molecule has 0 saturated carbocycles. The van der Waals surface area contributed by atoms with Crippen LogP contribution < -0.4 is 0 Å². The molecule has 0 spiro atoms. The topological polar surface area (TPSA) is 17.1 Å². The van der Waals surface area contributed by atoms with Gasteiger partial charge in [0.2, 0.25) is 0 Å². The van der Waals surface area contributed by atoms with Crippen LogP contribution in [-0.4, -0.2) is 5.78 Å². The minimum absolute atomic E-state index is 0.214. The minimum Gasteiger partial charge on any atom is -0.294 e. The summed E-state index contributed by atoms with van der Waals surface area (Å²) in [5, 5.41) is 0. The zero-order valence-corrected chi connectivity index (χ0v) is 12.0. The molecule has 1 nitrogen and oxygen atoms in total. The molecular weight excluding hydrogens is 264 g/mol. The average Bonchev–Trinajstić information content (AvgIpc) is 2.17. The summed E-state index contributed by atoms with van der Waals surface area (Å²) in [7, 11) is 0. The molecule has 0 aromatic heterocycles. The van der Waals surface area contributed by atoms with Crippen LogP contribution in [0.15, 0.2) is 22.7 Å². The molecule has 2 heteroatoms. The van der Waals surface area contributed by atoms with Crippen LogP contribution in [0.3, 0.4) is 0 Å². The molecule has 0 N–H and O–H groups in total. The summed E-state index contributed by atoms with van der Waals surface area (Å²) >= 11 is 3.48. The molecule has 0 fully saturated rings. The highest BCUT2D eigenvalue weighted by molar-refractivity contribution is 9.10. The van der Waals surface area contributed by atoms with Gasteiger partial charge in [-0.1, -0.05) is 39.0 Å². The lowest BCUT2D eigenvalue weighted by Crippen LogP contribution is -2.09. The number of rotatable bonds is 3. The van der Waals surface area contributed by atoms with Crippen LogP contribution in [0.1, 0.15) is 49.5 Å². The Morgan fingerprint density at radius 3 is 2.50 bits per heavy atom. The normalized spacial score (nSPS) is 11.6. The van der Waals surface area contributed by atoms with Crippen molar-refractivity contribution in [1.82, 2.24) is 0 Å². The van der Waals surface area contributed by atoms with E-state index in [4.69, 9.17) is 0 Å². The van der Waals surface area contributed by atoms with Gasteiger partial charge in [-0.15, -0.1) is 0 Å². The van der Waals surface area contributed by atoms with Crippen LogP contribution in [0.2, 0.25) is 0 Å². The smallest absolute Gasteiger partial charge is 0.164 e. The molecule has 1 aromatic carbocycles. The summed E-state index contributed by atoms with van der Waals surface area (Å²) in [4.78, 5) is 12.0. The largest absolute Gasteiger partial charge is 0.294 e. The maximum atomic E-state index is 12.0. The van der Waals surface area contributed by atoms with Gasteiger partial charge in [0.15, 0.2) is 5.78 Å². The molecule has 1 rings (SSSR count). The third-order valence-corrected chi connectivity index (χ3v) is 3.65. The Labute approximate surface area is 106 Å². The van der Waals surface area contributed by atoms with Gasteiger partial charge < -0.3 is 0 Å². The number of hydrogen-bond acceptors (Lipinski definition) is 1. The summed E-state index contributed by atoms with van der Waals surface area (Å²) in [6.45, 7) is 8.48. The van der Waals surface area contributed by atoms with Gasteiger partial charge in [0.05, 0.1) is 0 Å². The first kappa shape index (κ1) is 13.4. The van der Waals surface area contributed by atoms with Gasteiger partial charge in [0, 0.05) is 16.5 Å². The molecule has 0 atom stereocenters. The van der Waals surface area contributed by atoms with E-state index in [2.05, 4.69) is 36.7 Å². The van der Waals surface area contributed by atoms with Crippen LogP contribution in [0, 0.1) is 12.3 Å². The number of carbonyl (C=O) groups is 1. The van der Waals surface area contributed by atoms with Gasteiger partial charge in [-0.05, 0) is 40.3 Å². The Morgan fingerprint density at radius 2 is 1.94 bits per heavy atom. The molecule has 0 heterocycles. The zero-order valence-electron chi connectivity index (χ0n) is 10.4. The second-order valence-electron chi connectivity index (χ2n) is 5.42. The van der Waals surface area contributed by atoms with E-state index in [0.29, 0.717) is 6.42 Å². The third kappa shape index (κ3) is 3.75. The van der Waals surface area contributed by atoms with Gasteiger partial charge >= 0.3 is 0 Å². The van der Waals surface area contributed by atoms with Crippen molar-refractivity contribution in [1.29, 1.82) is 0 Å². The lowest BCUT2D eigenvalue weighted by Gasteiger charge is -2.17. The quantitative estimate of drug-likeness (QED) is 0.730. The van der Waals surface area contributed by atoms with E-state index in [1.807, 2.05) is 25.1 Å². The number of carbonyl (C=O) groups excluding carboxylic acids is 1. The number of hydrogen-bond donors (Lipinski definition) is 0. The molecule has 0 saturated heterocycles. The number of Topliss-reactive ketones (excluding diaryl/α,β-unsaturated/α-hetero) is 1. The second kappa shape index (κ2) is 5.13. The standard InChI is InChI=1S/C14H19BrO/c1-10-6-5-7-11(13(10)15)12(16)8-9-14(2,3)4/h5-7H,8-9H2,1-4H3. The second-order valence-corrected chi connectivity index (χ2v) is 6.21. The molecule has 0 amide bonds. The molecular formula is C14H19BrO. The third-order valence-electron chi connectivity index (χ3n) is 2.59. The number of ketones is 1. The SMILES string of the molecule is Cc1cccc(C(=O)CCC(C)(C)C)c1Br. The molecule has 0 aliphatic heterocycles. The number of aryl methyl sites for hydroxylation is 1. The molecule has 0 bridgehead atoms. The first-order chi connectivity index (χ1) is 7.31. The van der Waals surface area contributed by atoms with E-state index in [9.17, 15) is 4.79 Å². The first-order valence-electron chi connectivity index (χ1n) is 5.59. The van der Waals surface area contributed by atoms with E-state index in [1.54, 1.807) is 0 Å². The van der Waals surface area contributed by atoms with Crippen LogP contribution in [0.5, 0.6) is 0 Å². The minimum atomic E-state index is 0.214. The molecule has 88 valence electrons. The first-order valence-corrected chi connectivity index (χ1v) is 6.39. The van der Waals surface area contributed by atoms with Crippen molar-refractivity contribution in [3.05, 3.63) is 33.8 Å².